The van der Waals surface area contributed by atoms with Crippen LogP contribution in [0.25, 0.3) is 0 Å². The van der Waals surface area contributed by atoms with Crippen molar-refractivity contribution in [3.63, 3.8) is 0 Å². The number of aliphatic hydroxyl groups is 3. The quantitative estimate of drug-likeness (QED) is 0.156. The third-order valence-electron chi connectivity index (χ3n) is 11.0. The normalized spacial score (nSPS) is 37.9. The zero-order valence-corrected chi connectivity index (χ0v) is 26.4. The smallest absolute Gasteiger partial charge is 0.306 e. The number of carbonyl (C=O) groups excluding carboxylic acids is 3. The van der Waals surface area contributed by atoms with Crippen LogP contribution in [-0.2, 0) is 23.9 Å². The van der Waals surface area contributed by atoms with Gasteiger partial charge in [0.1, 0.15) is 11.7 Å². The molecule has 0 bridgehead atoms. The summed E-state index contributed by atoms with van der Waals surface area (Å²) in [6, 6.07) is 0. The number of fused-ring (bicyclic) bond motifs is 5. The lowest BCUT2D eigenvalue weighted by Gasteiger charge is -2.53. The summed E-state index contributed by atoms with van der Waals surface area (Å²) in [6.07, 6.45) is 12.7. The molecule has 8 atom stereocenters. The molecule has 0 amide bonds. The third kappa shape index (κ3) is 5.19. The number of hydrogen-bond acceptors (Lipinski definition) is 8. The molecule has 3 N–H and O–H groups in total. The molecule has 0 heterocycles. The summed E-state index contributed by atoms with van der Waals surface area (Å²) in [5, 5.41) is 34.7. The molecule has 4 aliphatic carbocycles. The standard InChI is InChI=1S/C34H52O8/c1-7-8-9-10-11-12-13-14-15-16-27(37)42-34-28(31(34,5)6)25-18-24(20-35)19-32(39)26(17-21(2)29(32)38)33(25,40)22(3)30(34)41-23(4)36/h17-18,22,25-26,28,30,35,39-40H,7-16,19-20H2,1-6H3/t22-,25+,26-,28-,30-,32-,33-,34-/m1/s1. The molecular formula is C34H52O8. The van der Waals surface area contributed by atoms with Crippen molar-refractivity contribution in [2.75, 3.05) is 6.61 Å². The average molecular weight is 589 g/mol. The fourth-order valence-corrected chi connectivity index (χ4v) is 8.82. The predicted octanol–water partition coefficient (Wildman–Crippen LogP) is 4.97. The molecule has 42 heavy (non-hydrogen) atoms. The van der Waals surface area contributed by atoms with Crippen molar-refractivity contribution in [1.29, 1.82) is 0 Å². The van der Waals surface area contributed by atoms with Gasteiger partial charge in [0.25, 0.3) is 0 Å². The average Bonchev–Trinajstić information content (AvgIpc) is 3.35. The van der Waals surface area contributed by atoms with E-state index in [1.54, 1.807) is 26.0 Å². The zero-order chi connectivity index (χ0) is 31.1. The Morgan fingerprint density at radius 2 is 1.60 bits per heavy atom. The molecule has 0 spiro atoms. The van der Waals surface area contributed by atoms with Crippen LogP contribution in [-0.4, -0.2) is 62.6 Å². The zero-order valence-electron chi connectivity index (χ0n) is 26.4. The maximum atomic E-state index is 13.3. The maximum absolute atomic E-state index is 13.3. The van der Waals surface area contributed by atoms with Crippen LogP contribution in [0.2, 0.25) is 0 Å². The lowest BCUT2D eigenvalue weighted by atomic mass is 9.59. The summed E-state index contributed by atoms with van der Waals surface area (Å²) in [5.41, 5.74) is -4.70. The molecule has 236 valence electrons. The predicted molar refractivity (Wildman–Crippen MR) is 158 cm³/mol. The van der Waals surface area contributed by atoms with Crippen LogP contribution < -0.4 is 0 Å². The summed E-state index contributed by atoms with van der Waals surface area (Å²) >= 11 is 0. The van der Waals surface area contributed by atoms with Crippen LogP contribution >= 0.6 is 0 Å². The van der Waals surface area contributed by atoms with Gasteiger partial charge < -0.3 is 24.8 Å². The van der Waals surface area contributed by atoms with E-state index in [0.29, 0.717) is 17.6 Å². The molecule has 2 fully saturated rings. The topological polar surface area (TPSA) is 130 Å². The summed E-state index contributed by atoms with van der Waals surface area (Å²) in [7, 11) is 0. The SMILES string of the molecule is CCCCCCCCCCCC(=O)O[C@@]12[C@H](OC(C)=O)[C@@H](C)[C@@]3(O)[C@@H](C=C(CO)C[C@]4(O)C(=O)C(C)=C[C@@H]34)[C@@H]1C2(C)C. The van der Waals surface area contributed by atoms with Gasteiger partial charge in [0, 0.05) is 48.9 Å². The number of aliphatic hydroxyl groups excluding tert-OH is 1. The number of rotatable bonds is 13. The molecule has 4 rings (SSSR count). The molecule has 0 aliphatic heterocycles. The highest BCUT2D eigenvalue weighted by molar-refractivity contribution is 6.04. The third-order valence-corrected chi connectivity index (χ3v) is 11.0. The molecule has 0 aromatic carbocycles. The Hall–Kier alpha value is -2.03. The van der Waals surface area contributed by atoms with Crippen LogP contribution in [0.5, 0.6) is 0 Å². The van der Waals surface area contributed by atoms with Gasteiger partial charge in [0.2, 0.25) is 0 Å². The Bertz CT molecular complexity index is 1120. The highest BCUT2D eigenvalue weighted by atomic mass is 16.6. The van der Waals surface area contributed by atoms with Crippen LogP contribution in [0.1, 0.15) is 112 Å². The van der Waals surface area contributed by atoms with E-state index in [1.807, 2.05) is 13.8 Å². The highest BCUT2D eigenvalue weighted by Crippen LogP contribution is 2.77. The first kappa shape index (κ1) is 32.9. The molecule has 0 aromatic heterocycles. The lowest BCUT2D eigenvalue weighted by Crippen LogP contribution is -2.66. The number of ether oxygens (including phenoxy) is 2. The number of Topliss-reactive ketones (excluding diaryl/α,β-unsaturated/α-hetero) is 1. The first-order chi connectivity index (χ1) is 19.7. The summed E-state index contributed by atoms with van der Waals surface area (Å²) < 4.78 is 12.2. The molecule has 4 aliphatic rings. The van der Waals surface area contributed by atoms with Gasteiger partial charge in [0.15, 0.2) is 11.4 Å². The first-order valence-corrected chi connectivity index (χ1v) is 16.1. The molecule has 0 radical (unpaired) electrons. The molecule has 2 saturated carbocycles. The van der Waals surface area contributed by atoms with Crippen LogP contribution in [0.4, 0.5) is 0 Å². The van der Waals surface area contributed by atoms with E-state index in [-0.39, 0.29) is 25.4 Å². The van der Waals surface area contributed by atoms with Crippen molar-refractivity contribution in [2.24, 2.45) is 29.1 Å². The number of esters is 2. The van der Waals surface area contributed by atoms with E-state index in [4.69, 9.17) is 9.47 Å². The molecule has 0 saturated heterocycles. The minimum atomic E-state index is -1.93. The van der Waals surface area contributed by atoms with Crippen molar-refractivity contribution in [3.05, 3.63) is 23.3 Å². The molecular weight excluding hydrogens is 536 g/mol. The van der Waals surface area contributed by atoms with Crippen LogP contribution in [0, 0.1) is 29.1 Å². The van der Waals surface area contributed by atoms with Crippen molar-refractivity contribution in [3.8, 4) is 0 Å². The Morgan fingerprint density at radius 3 is 2.17 bits per heavy atom. The number of carbonyl (C=O) groups is 3. The largest absolute Gasteiger partial charge is 0.458 e. The van der Waals surface area contributed by atoms with Gasteiger partial charge in [-0.3, -0.25) is 14.4 Å². The molecule has 8 nitrogen and oxygen atoms in total. The fourth-order valence-electron chi connectivity index (χ4n) is 8.82. The van der Waals surface area contributed by atoms with Crippen molar-refractivity contribution in [2.45, 2.75) is 135 Å². The van der Waals surface area contributed by atoms with E-state index < -0.39 is 63.7 Å². The maximum Gasteiger partial charge on any atom is 0.306 e. The van der Waals surface area contributed by atoms with Gasteiger partial charge in [-0.2, -0.15) is 0 Å². The van der Waals surface area contributed by atoms with Gasteiger partial charge in [-0.1, -0.05) is 91.2 Å². The van der Waals surface area contributed by atoms with Crippen molar-refractivity contribution >= 4 is 17.7 Å². The lowest BCUT2D eigenvalue weighted by molar-refractivity contribution is -0.228. The second kappa shape index (κ2) is 12.2. The Morgan fingerprint density at radius 1 is 1.00 bits per heavy atom. The highest BCUT2D eigenvalue weighted by Gasteiger charge is 2.87. The Labute approximate surface area is 250 Å². The second-order valence-corrected chi connectivity index (χ2v) is 14.0. The van der Waals surface area contributed by atoms with Crippen molar-refractivity contribution in [1.82, 2.24) is 0 Å². The Kier molecular flexibility index (Phi) is 9.52. The van der Waals surface area contributed by atoms with Gasteiger partial charge in [-0.05, 0) is 24.5 Å². The molecule has 8 heteroatoms. The minimum absolute atomic E-state index is 0.108. The summed E-state index contributed by atoms with van der Waals surface area (Å²) in [5.74, 6) is -4.30. The van der Waals surface area contributed by atoms with Gasteiger partial charge >= 0.3 is 11.9 Å². The number of hydrogen-bond donors (Lipinski definition) is 3. The monoisotopic (exact) mass is 588 g/mol. The molecule has 0 unspecified atom stereocenters. The van der Waals surface area contributed by atoms with E-state index in [2.05, 4.69) is 6.92 Å². The summed E-state index contributed by atoms with van der Waals surface area (Å²) in [4.78, 5) is 39.0. The van der Waals surface area contributed by atoms with Gasteiger partial charge in [0.05, 0.1) is 12.2 Å². The van der Waals surface area contributed by atoms with Gasteiger partial charge in [-0.25, -0.2) is 0 Å². The fraction of sp³-hybridized carbons (Fsp3) is 0.794. The summed E-state index contributed by atoms with van der Waals surface area (Å²) in [6.45, 7) is 10.4. The van der Waals surface area contributed by atoms with Crippen LogP contribution in [0.15, 0.2) is 23.3 Å². The van der Waals surface area contributed by atoms with Gasteiger partial charge in [-0.15, -0.1) is 0 Å². The molecule has 0 aromatic rings. The van der Waals surface area contributed by atoms with E-state index >= 15 is 0 Å². The van der Waals surface area contributed by atoms with Crippen molar-refractivity contribution < 1.29 is 39.2 Å². The number of ketones is 1. The van der Waals surface area contributed by atoms with E-state index in [1.165, 1.54) is 39.0 Å². The number of unbranched alkanes of at least 4 members (excludes halogenated alkanes) is 8. The van der Waals surface area contributed by atoms with Crippen LogP contribution in [0.3, 0.4) is 0 Å². The Balaban J connectivity index is 1.59. The second-order valence-electron chi connectivity index (χ2n) is 14.0. The van der Waals surface area contributed by atoms with E-state index in [9.17, 15) is 29.7 Å². The first-order valence-electron chi connectivity index (χ1n) is 16.1. The minimum Gasteiger partial charge on any atom is -0.458 e. The van der Waals surface area contributed by atoms with E-state index in [0.717, 1.165) is 19.3 Å².